The third-order valence-electron chi connectivity index (χ3n) is 2.77. The van der Waals surface area contributed by atoms with Gasteiger partial charge in [0, 0.05) is 0 Å². The molecule has 0 fully saturated rings. The summed E-state index contributed by atoms with van der Waals surface area (Å²) in [5, 5.41) is 3.42. The van der Waals surface area contributed by atoms with Crippen molar-refractivity contribution in [3.05, 3.63) is 28.2 Å². The minimum absolute atomic E-state index is 0.118. The van der Waals surface area contributed by atoms with Gasteiger partial charge in [0.2, 0.25) is 5.91 Å². The topological polar surface area (TPSA) is 55.1 Å². The number of amides is 1. The Kier molecular flexibility index (Phi) is 5.25. The first-order valence-corrected chi connectivity index (χ1v) is 6.23. The molecule has 1 aromatic rings. The molecule has 0 aliphatic rings. The lowest BCUT2D eigenvalue weighted by molar-refractivity contribution is -0.118. The van der Waals surface area contributed by atoms with Crippen LogP contribution in [0.3, 0.4) is 0 Å². The van der Waals surface area contributed by atoms with Gasteiger partial charge in [-0.3, -0.25) is 4.79 Å². The zero-order valence-corrected chi connectivity index (χ0v) is 11.3. The summed E-state index contributed by atoms with van der Waals surface area (Å²) in [6.07, 6.45) is 0.845. The van der Waals surface area contributed by atoms with Crippen molar-refractivity contribution in [2.75, 3.05) is 5.32 Å². The summed E-state index contributed by atoms with van der Waals surface area (Å²) in [5.74, 6) is -0.128. The summed E-state index contributed by atoms with van der Waals surface area (Å²) >= 11 is 11.8. The van der Waals surface area contributed by atoms with Gasteiger partial charge in [0.05, 0.1) is 21.8 Å². The van der Waals surface area contributed by atoms with Crippen LogP contribution >= 0.6 is 23.2 Å². The van der Waals surface area contributed by atoms with Crippen molar-refractivity contribution in [3.63, 3.8) is 0 Å². The maximum absolute atomic E-state index is 11.8. The van der Waals surface area contributed by atoms with Gasteiger partial charge in [-0.15, -0.1) is 0 Å². The van der Waals surface area contributed by atoms with E-state index in [1.165, 1.54) is 0 Å². The maximum Gasteiger partial charge on any atom is 0.241 e. The van der Waals surface area contributed by atoms with Gasteiger partial charge < -0.3 is 11.1 Å². The molecule has 0 bridgehead atoms. The third kappa shape index (κ3) is 3.60. The number of hydrogen-bond acceptors (Lipinski definition) is 2. The Morgan fingerprint density at radius 1 is 1.47 bits per heavy atom. The molecule has 17 heavy (non-hydrogen) atoms. The van der Waals surface area contributed by atoms with Crippen molar-refractivity contribution in [2.24, 2.45) is 11.7 Å². The average molecular weight is 275 g/mol. The summed E-state index contributed by atoms with van der Waals surface area (Å²) in [5.41, 5.74) is 6.31. The lowest BCUT2D eigenvalue weighted by Gasteiger charge is -2.18. The van der Waals surface area contributed by atoms with Crippen molar-refractivity contribution in [3.8, 4) is 0 Å². The van der Waals surface area contributed by atoms with Gasteiger partial charge in [0.1, 0.15) is 0 Å². The van der Waals surface area contributed by atoms with E-state index in [0.29, 0.717) is 15.7 Å². The first kappa shape index (κ1) is 14.3. The standard InChI is InChI=1S/C12H16Cl2N2O/c1-3-7(2)11(15)12(17)16-9-6-4-5-8(13)10(9)14/h4-7,11H,3,15H2,1-2H3,(H,16,17)/t7?,11-/m0/s1. The molecule has 94 valence electrons. The fourth-order valence-corrected chi connectivity index (χ4v) is 1.68. The lowest BCUT2D eigenvalue weighted by Crippen LogP contribution is -2.40. The first-order valence-electron chi connectivity index (χ1n) is 5.47. The van der Waals surface area contributed by atoms with Crippen LogP contribution in [0.5, 0.6) is 0 Å². The summed E-state index contributed by atoms with van der Waals surface area (Å²) in [6, 6.07) is 4.53. The number of carbonyl (C=O) groups excluding carboxylic acids is 1. The molecular formula is C12H16Cl2N2O. The second-order valence-electron chi connectivity index (χ2n) is 4.00. The maximum atomic E-state index is 11.8. The predicted octanol–water partition coefficient (Wildman–Crippen LogP) is 3.31. The van der Waals surface area contributed by atoms with Gasteiger partial charge >= 0.3 is 0 Å². The molecule has 1 amide bonds. The number of hydrogen-bond donors (Lipinski definition) is 2. The third-order valence-corrected chi connectivity index (χ3v) is 3.59. The Hall–Kier alpha value is -0.770. The molecule has 0 saturated carbocycles. The number of nitrogens with one attached hydrogen (secondary N) is 1. The zero-order valence-electron chi connectivity index (χ0n) is 9.84. The van der Waals surface area contributed by atoms with Crippen molar-refractivity contribution >= 4 is 34.8 Å². The van der Waals surface area contributed by atoms with E-state index in [0.717, 1.165) is 6.42 Å². The summed E-state index contributed by atoms with van der Waals surface area (Å²) in [7, 11) is 0. The van der Waals surface area contributed by atoms with E-state index < -0.39 is 6.04 Å². The summed E-state index contributed by atoms with van der Waals surface area (Å²) in [6.45, 7) is 3.92. The number of halogens is 2. The van der Waals surface area contributed by atoms with Crippen LogP contribution < -0.4 is 11.1 Å². The van der Waals surface area contributed by atoms with E-state index in [2.05, 4.69) is 5.32 Å². The average Bonchev–Trinajstić information content (AvgIpc) is 2.32. The SMILES string of the molecule is CCC(C)[C@H](N)C(=O)Nc1cccc(Cl)c1Cl. The fourth-order valence-electron chi connectivity index (χ4n) is 1.33. The van der Waals surface area contributed by atoms with Crippen molar-refractivity contribution < 1.29 is 4.79 Å². The molecule has 0 radical (unpaired) electrons. The predicted molar refractivity (Wildman–Crippen MR) is 72.5 cm³/mol. The van der Waals surface area contributed by atoms with Gasteiger partial charge in [0.15, 0.2) is 0 Å². The van der Waals surface area contributed by atoms with Gasteiger partial charge in [-0.1, -0.05) is 49.5 Å². The van der Waals surface area contributed by atoms with Crippen molar-refractivity contribution in [2.45, 2.75) is 26.3 Å². The van der Waals surface area contributed by atoms with Crippen LogP contribution in [0.15, 0.2) is 18.2 Å². The van der Waals surface area contributed by atoms with Crippen LogP contribution in [0.1, 0.15) is 20.3 Å². The van der Waals surface area contributed by atoms with E-state index in [4.69, 9.17) is 28.9 Å². The van der Waals surface area contributed by atoms with Crippen LogP contribution in [0.4, 0.5) is 5.69 Å². The molecule has 0 spiro atoms. The number of anilines is 1. The Balaban J connectivity index is 2.78. The summed E-state index contributed by atoms with van der Waals surface area (Å²) in [4.78, 5) is 11.8. The van der Waals surface area contributed by atoms with E-state index >= 15 is 0 Å². The Morgan fingerprint density at radius 2 is 2.12 bits per heavy atom. The molecule has 1 rings (SSSR count). The van der Waals surface area contributed by atoms with Crippen LogP contribution in [-0.2, 0) is 4.79 Å². The largest absolute Gasteiger partial charge is 0.323 e. The molecule has 0 aliphatic carbocycles. The minimum Gasteiger partial charge on any atom is -0.323 e. The molecule has 1 unspecified atom stereocenters. The highest BCUT2D eigenvalue weighted by Crippen LogP contribution is 2.29. The normalized spacial score (nSPS) is 14.2. The molecule has 0 aliphatic heterocycles. The van der Waals surface area contributed by atoms with Crippen LogP contribution in [0.2, 0.25) is 10.0 Å². The highest BCUT2D eigenvalue weighted by atomic mass is 35.5. The van der Waals surface area contributed by atoms with Gasteiger partial charge in [-0.05, 0) is 18.1 Å². The Morgan fingerprint density at radius 3 is 2.71 bits per heavy atom. The van der Waals surface area contributed by atoms with Crippen LogP contribution in [-0.4, -0.2) is 11.9 Å². The molecule has 0 heterocycles. The van der Waals surface area contributed by atoms with E-state index in [-0.39, 0.29) is 11.8 Å². The Labute approximate surface area is 111 Å². The lowest BCUT2D eigenvalue weighted by atomic mass is 9.99. The molecule has 0 saturated heterocycles. The highest BCUT2D eigenvalue weighted by Gasteiger charge is 2.20. The van der Waals surface area contributed by atoms with Crippen LogP contribution in [0, 0.1) is 5.92 Å². The zero-order chi connectivity index (χ0) is 13.0. The number of nitrogens with two attached hydrogens (primary N) is 1. The van der Waals surface area contributed by atoms with Crippen molar-refractivity contribution in [1.29, 1.82) is 0 Å². The summed E-state index contributed by atoms with van der Waals surface area (Å²) < 4.78 is 0. The second kappa shape index (κ2) is 6.24. The minimum atomic E-state index is -0.546. The van der Waals surface area contributed by atoms with E-state index in [1.54, 1.807) is 18.2 Å². The molecule has 1 aromatic carbocycles. The Bertz CT molecular complexity index is 409. The van der Waals surface area contributed by atoms with Crippen LogP contribution in [0.25, 0.3) is 0 Å². The second-order valence-corrected chi connectivity index (χ2v) is 4.79. The molecule has 0 aromatic heterocycles. The molecule has 5 heteroatoms. The number of carbonyl (C=O) groups is 1. The van der Waals surface area contributed by atoms with Gasteiger partial charge in [-0.25, -0.2) is 0 Å². The monoisotopic (exact) mass is 274 g/mol. The number of rotatable bonds is 4. The van der Waals surface area contributed by atoms with Crippen molar-refractivity contribution in [1.82, 2.24) is 0 Å². The van der Waals surface area contributed by atoms with E-state index in [9.17, 15) is 4.79 Å². The molecular weight excluding hydrogens is 259 g/mol. The highest BCUT2D eigenvalue weighted by molar-refractivity contribution is 6.44. The quantitative estimate of drug-likeness (QED) is 0.885. The molecule has 3 nitrogen and oxygen atoms in total. The smallest absolute Gasteiger partial charge is 0.241 e. The van der Waals surface area contributed by atoms with Gasteiger partial charge in [0.25, 0.3) is 0 Å². The number of benzene rings is 1. The molecule has 2 atom stereocenters. The first-order chi connectivity index (χ1) is 7.97. The fraction of sp³-hybridized carbons (Fsp3) is 0.417. The molecule has 3 N–H and O–H groups in total. The van der Waals surface area contributed by atoms with Gasteiger partial charge in [-0.2, -0.15) is 0 Å². The van der Waals surface area contributed by atoms with E-state index in [1.807, 2.05) is 13.8 Å².